The lowest BCUT2D eigenvalue weighted by molar-refractivity contribution is 0.102. The molecule has 21 heavy (non-hydrogen) atoms. The van der Waals surface area contributed by atoms with Crippen LogP contribution in [-0.2, 0) is 0 Å². The standard InChI is InChI=1S/C15H15N3O3/c1-8-13(14(18-17-8)9-2-3-9)15(19)16-10-4-5-11-12(6-10)21-7-20-11/h4-6,9H,2-3,7H2,1H3,(H,16,19)(H,17,18). The van der Waals surface area contributed by atoms with Crippen molar-refractivity contribution >= 4 is 11.6 Å². The van der Waals surface area contributed by atoms with Crippen LogP contribution < -0.4 is 14.8 Å². The van der Waals surface area contributed by atoms with Crippen molar-refractivity contribution in [2.45, 2.75) is 25.7 Å². The number of nitrogens with one attached hydrogen (secondary N) is 2. The van der Waals surface area contributed by atoms with Gasteiger partial charge < -0.3 is 14.8 Å². The predicted octanol–water partition coefficient (Wildman–Crippen LogP) is 2.58. The monoisotopic (exact) mass is 285 g/mol. The van der Waals surface area contributed by atoms with Crippen LogP contribution in [0.1, 0.15) is 40.5 Å². The Morgan fingerprint density at radius 1 is 1.33 bits per heavy atom. The quantitative estimate of drug-likeness (QED) is 0.908. The number of aryl methyl sites for hydroxylation is 1. The van der Waals surface area contributed by atoms with Crippen molar-refractivity contribution in [1.82, 2.24) is 10.2 Å². The highest BCUT2D eigenvalue weighted by Crippen LogP contribution is 2.41. The molecule has 1 amide bonds. The summed E-state index contributed by atoms with van der Waals surface area (Å²) in [7, 11) is 0. The SMILES string of the molecule is Cc1[nH]nc(C2CC2)c1C(=O)Nc1ccc2c(c1)OCO2. The minimum absolute atomic E-state index is 0.137. The number of hydrogen-bond acceptors (Lipinski definition) is 4. The lowest BCUT2D eigenvalue weighted by atomic mass is 10.1. The zero-order valence-electron chi connectivity index (χ0n) is 11.6. The van der Waals surface area contributed by atoms with Crippen LogP contribution in [0.4, 0.5) is 5.69 Å². The summed E-state index contributed by atoms with van der Waals surface area (Å²) in [5.74, 6) is 1.64. The number of aromatic nitrogens is 2. The third-order valence-corrected chi connectivity index (χ3v) is 3.80. The highest BCUT2D eigenvalue weighted by molar-refractivity contribution is 6.06. The molecule has 1 aliphatic carbocycles. The van der Waals surface area contributed by atoms with Gasteiger partial charge in [-0.15, -0.1) is 0 Å². The van der Waals surface area contributed by atoms with Crippen molar-refractivity contribution in [1.29, 1.82) is 0 Å². The molecule has 0 spiro atoms. The lowest BCUT2D eigenvalue weighted by Crippen LogP contribution is -2.14. The van der Waals surface area contributed by atoms with Crippen LogP contribution >= 0.6 is 0 Å². The van der Waals surface area contributed by atoms with Gasteiger partial charge in [0.05, 0.1) is 11.3 Å². The minimum Gasteiger partial charge on any atom is -0.454 e. The fourth-order valence-corrected chi connectivity index (χ4v) is 2.55. The third kappa shape index (κ3) is 2.12. The molecule has 0 saturated heterocycles. The number of aromatic amines is 1. The van der Waals surface area contributed by atoms with Crippen molar-refractivity contribution in [2.24, 2.45) is 0 Å². The summed E-state index contributed by atoms with van der Waals surface area (Å²) in [4.78, 5) is 12.5. The van der Waals surface area contributed by atoms with E-state index in [2.05, 4.69) is 15.5 Å². The summed E-state index contributed by atoms with van der Waals surface area (Å²) in [6.07, 6.45) is 2.21. The zero-order valence-corrected chi connectivity index (χ0v) is 11.6. The molecule has 1 aliphatic heterocycles. The maximum atomic E-state index is 12.5. The van der Waals surface area contributed by atoms with E-state index >= 15 is 0 Å². The molecule has 2 N–H and O–H groups in total. The molecule has 6 heteroatoms. The fraction of sp³-hybridized carbons (Fsp3) is 0.333. The highest BCUT2D eigenvalue weighted by atomic mass is 16.7. The maximum Gasteiger partial charge on any atom is 0.259 e. The first-order valence-corrected chi connectivity index (χ1v) is 6.98. The molecule has 0 atom stereocenters. The van der Waals surface area contributed by atoms with Crippen molar-refractivity contribution in [3.63, 3.8) is 0 Å². The Labute approximate surface area is 121 Å². The van der Waals surface area contributed by atoms with Crippen molar-refractivity contribution in [3.8, 4) is 11.5 Å². The molecule has 4 rings (SSSR count). The van der Waals surface area contributed by atoms with E-state index in [0.29, 0.717) is 28.7 Å². The number of ether oxygens (including phenoxy) is 2. The number of amides is 1. The molecule has 2 aromatic rings. The summed E-state index contributed by atoms with van der Waals surface area (Å²) in [5.41, 5.74) is 3.03. The van der Waals surface area contributed by atoms with E-state index in [1.807, 2.05) is 6.92 Å². The second-order valence-corrected chi connectivity index (χ2v) is 5.41. The van der Waals surface area contributed by atoms with Gasteiger partial charge in [-0.3, -0.25) is 9.89 Å². The molecule has 6 nitrogen and oxygen atoms in total. The molecule has 108 valence electrons. The summed E-state index contributed by atoms with van der Waals surface area (Å²) < 4.78 is 10.6. The fourth-order valence-electron chi connectivity index (χ4n) is 2.55. The Hall–Kier alpha value is -2.50. The van der Waals surface area contributed by atoms with Gasteiger partial charge in [0.1, 0.15) is 0 Å². The number of rotatable bonds is 3. The largest absolute Gasteiger partial charge is 0.454 e. The summed E-state index contributed by atoms with van der Waals surface area (Å²) in [6.45, 7) is 2.09. The number of benzene rings is 1. The van der Waals surface area contributed by atoms with Crippen LogP contribution in [0, 0.1) is 6.92 Å². The first-order valence-electron chi connectivity index (χ1n) is 6.98. The van der Waals surface area contributed by atoms with E-state index in [4.69, 9.17) is 9.47 Å². The van der Waals surface area contributed by atoms with Crippen molar-refractivity contribution in [2.75, 3.05) is 12.1 Å². The normalized spacial score (nSPS) is 16.0. The summed E-state index contributed by atoms with van der Waals surface area (Å²) >= 11 is 0. The van der Waals surface area contributed by atoms with E-state index in [1.54, 1.807) is 18.2 Å². The summed E-state index contributed by atoms with van der Waals surface area (Å²) in [6, 6.07) is 5.37. The van der Waals surface area contributed by atoms with Crippen LogP contribution in [0.2, 0.25) is 0 Å². The zero-order chi connectivity index (χ0) is 14.4. The minimum atomic E-state index is -0.137. The van der Waals surface area contributed by atoms with E-state index in [0.717, 1.165) is 24.2 Å². The Morgan fingerprint density at radius 3 is 2.95 bits per heavy atom. The van der Waals surface area contributed by atoms with Gasteiger partial charge in [-0.2, -0.15) is 5.10 Å². The number of carbonyl (C=O) groups excluding carboxylic acids is 1. The smallest absolute Gasteiger partial charge is 0.259 e. The Morgan fingerprint density at radius 2 is 2.14 bits per heavy atom. The van der Waals surface area contributed by atoms with Gasteiger partial charge in [0, 0.05) is 23.4 Å². The average Bonchev–Trinajstić information content (AvgIpc) is 3.08. The molecule has 2 aliphatic rings. The number of hydrogen-bond donors (Lipinski definition) is 2. The van der Waals surface area contributed by atoms with Crippen LogP contribution in [0.25, 0.3) is 0 Å². The van der Waals surface area contributed by atoms with Crippen LogP contribution in [0.5, 0.6) is 11.5 Å². The highest BCUT2D eigenvalue weighted by Gasteiger charge is 2.32. The molecular weight excluding hydrogens is 270 g/mol. The molecule has 1 fully saturated rings. The van der Waals surface area contributed by atoms with E-state index in [-0.39, 0.29) is 12.7 Å². The summed E-state index contributed by atoms with van der Waals surface area (Å²) in [5, 5.41) is 10.1. The Bertz CT molecular complexity index is 719. The number of anilines is 1. The number of nitrogens with zero attached hydrogens (tertiary/aromatic N) is 1. The first kappa shape index (κ1) is 12.3. The molecular formula is C15H15N3O3. The molecule has 0 radical (unpaired) electrons. The van der Waals surface area contributed by atoms with E-state index in [9.17, 15) is 4.79 Å². The molecule has 0 unspecified atom stereocenters. The van der Waals surface area contributed by atoms with Crippen LogP contribution in [0.3, 0.4) is 0 Å². The second kappa shape index (κ2) is 4.51. The molecule has 1 saturated carbocycles. The predicted molar refractivity (Wildman–Crippen MR) is 75.8 cm³/mol. The first-order chi connectivity index (χ1) is 10.2. The van der Waals surface area contributed by atoms with Crippen LogP contribution in [-0.4, -0.2) is 22.9 Å². The van der Waals surface area contributed by atoms with E-state index < -0.39 is 0 Å². The van der Waals surface area contributed by atoms with Crippen molar-refractivity contribution < 1.29 is 14.3 Å². The third-order valence-electron chi connectivity index (χ3n) is 3.80. The Kier molecular flexibility index (Phi) is 2.63. The van der Waals surface area contributed by atoms with Gasteiger partial charge in [-0.1, -0.05) is 0 Å². The van der Waals surface area contributed by atoms with Gasteiger partial charge in [-0.25, -0.2) is 0 Å². The van der Waals surface area contributed by atoms with Gasteiger partial charge in [0.25, 0.3) is 5.91 Å². The molecule has 2 heterocycles. The van der Waals surface area contributed by atoms with Gasteiger partial charge in [0.15, 0.2) is 11.5 Å². The Balaban J connectivity index is 1.60. The lowest BCUT2D eigenvalue weighted by Gasteiger charge is -2.07. The number of carbonyl (C=O) groups is 1. The topological polar surface area (TPSA) is 76.2 Å². The van der Waals surface area contributed by atoms with Gasteiger partial charge in [-0.05, 0) is 31.9 Å². The number of fused-ring (bicyclic) bond motifs is 1. The molecule has 1 aromatic heterocycles. The average molecular weight is 285 g/mol. The van der Waals surface area contributed by atoms with Gasteiger partial charge in [0.2, 0.25) is 6.79 Å². The molecule has 1 aromatic carbocycles. The molecule has 0 bridgehead atoms. The number of H-pyrrole nitrogens is 1. The van der Waals surface area contributed by atoms with E-state index in [1.165, 1.54) is 0 Å². The van der Waals surface area contributed by atoms with Gasteiger partial charge >= 0.3 is 0 Å². The van der Waals surface area contributed by atoms with Crippen LogP contribution in [0.15, 0.2) is 18.2 Å². The van der Waals surface area contributed by atoms with Crippen molar-refractivity contribution in [3.05, 3.63) is 35.2 Å². The maximum absolute atomic E-state index is 12.5. The second-order valence-electron chi connectivity index (χ2n) is 5.41.